The van der Waals surface area contributed by atoms with Gasteiger partial charge >= 0.3 is 0 Å². The van der Waals surface area contributed by atoms with E-state index in [1.807, 2.05) is 30.3 Å². The molecule has 0 aliphatic heterocycles. The van der Waals surface area contributed by atoms with Crippen LogP contribution in [0.5, 0.6) is 0 Å². The van der Waals surface area contributed by atoms with E-state index >= 15 is 0 Å². The molecule has 0 aromatic heterocycles. The highest BCUT2D eigenvalue weighted by Crippen LogP contribution is 2.28. The first-order chi connectivity index (χ1) is 10.0. The molecular weight excluding hydrogens is 288 g/mol. The van der Waals surface area contributed by atoms with Crippen LogP contribution in [0.15, 0.2) is 42.5 Å². The highest BCUT2D eigenvalue weighted by molar-refractivity contribution is 6.30. The predicted molar refractivity (Wildman–Crippen MR) is 85.9 cm³/mol. The van der Waals surface area contributed by atoms with Gasteiger partial charge in [-0.05, 0) is 37.1 Å². The summed E-state index contributed by atoms with van der Waals surface area (Å²) in [5.41, 5.74) is 2.58. The largest absolute Gasteiger partial charge is 0.378 e. The van der Waals surface area contributed by atoms with E-state index in [2.05, 4.69) is 12.2 Å². The van der Waals surface area contributed by atoms with Gasteiger partial charge in [0.25, 0.3) is 5.69 Å². The Labute approximate surface area is 128 Å². The van der Waals surface area contributed by atoms with E-state index in [-0.39, 0.29) is 16.7 Å². The average molecular weight is 305 g/mol. The number of halogens is 1. The molecule has 1 unspecified atom stereocenters. The third-order valence-corrected chi connectivity index (χ3v) is 3.64. The van der Waals surface area contributed by atoms with Gasteiger partial charge in [0.2, 0.25) is 0 Å². The molecule has 110 valence electrons. The second-order valence-electron chi connectivity index (χ2n) is 4.92. The minimum absolute atomic E-state index is 0.0611. The van der Waals surface area contributed by atoms with Crippen LogP contribution in [0.2, 0.25) is 5.02 Å². The monoisotopic (exact) mass is 304 g/mol. The zero-order chi connectivity index (χ0) is 15.4. The minimum Gasteiger partial charge on any atom is -0.378 e. The maximum atomic E-state index is 11.0. The second-order valence-corrected chi connectivity index (χ2v) is 5.35. The zero-order valence-electron chi connectivity index (χ0n) is 12.0. The summed E-state index contributed by atoms with van der Waals surface area (Å²) >= 11 is 6.02. The van der Waals surface area contributed by atoms with Crippen molar-refractivity contribution in [3.8, 4) is 0 Å². The Kier molecular flexibility index (Phi) is 4.81. The summed E-state index contributed by atoms with van der Waals surface area (Å²) in [4.78, 5) is 10.6. The molecule has 0 aliphatic carbocycles. The Balaban J connectivity index is 2.27. The van der Waals surface area contributed by atoms with Gasteiger partial charge in [-0.1, -0.05) is 36.7 Å². The lowest BCUT2D eigenvalue weighted by atomic mass is 10.0. The molecule has 0 heterocycles. The smallest absolute Gasteiger partial charge is 0.274 e. The van der Waals surface area contributed by atoms with Gasteiger partial charge in [0.15, 0.2) is 0 Å². The Morgan fingerprint density at radius 3 is 2.67 bits per heavy atom. The molecule has 2 aromatic carbocycles. The van der Waals surface area contributed by atoms with Crippen molar-refractivity contribution < 1.29 is 4.92 Å². The molecule has 21 heavy (non-hydrogen) atoms. The van der Waals surface area contributed by atoms with E-state index in [0.29, 0.717) is 10.6 Å². The average Bonchev–Trinajstić information content (AvgIpc) is 2.46. The number of nitro groups is 1. The van der Waals surface area contributed by atoms with E-state index in [4.69, 9.17) is 11.6 Å². The Morgan fingerprint density at radius 1 is 1.29 bits per heavy atom. The van der Waals surface area contributed by atoms with Crippen molar-refractivity contribution in [2.24, 2.45) is 0 Å². The third-order valence-electron chi connectivity index (χ3n) is 3.41. The Bertz CT molecular complexity index is 658. The van der Waals surface area contributed by atoms with Crippen LogP contribution >= 0.6 is 11.6 Å². The molecule has 0 aliphatic rings. The van der Waals surface area contributed by atoms with Crippen LogP contribution in [0.4, 0.5) is 11.4 Å². The van der Waals surface area contributed by atoms with Crippen LogP contribution in [0, 0.1) is 17.0 Å². The SMILES string of the molecule is CCC(Nc1ccc(C)c([N+](=O)[O-])c1)c1cccc(Cl)c1. The van der Waals surface area contributed by atoms with Crippen LogP contribution in [-0.2, 0) is 0 Å². The van der Waals surface area contributed by atoms with Crippen molar-refractivity contribution in [3.63, 3.8) is 0 Å². The van der Waals surface area contributed by atoms with Gasteiger partial charge in [-0.25, -0.2) is 0 Å². The van der Waals surface area contributed by atoms with E-state index in [9.17, 15) is 10.1 Å². The minimum atomic E-state index is -0.360. The quantitative estimate of drug-likeness (QED) is 0.616. The molecule has 0 amide bonds. The summed E-state index contributed by atoms with van der Waals surface area (Å²) in [6.07, 6.45) is 0.849. The number of nitrogens with zero attached hydrogens (tertiary/aromatic N) is 1. The highest BCUT2D eigenvalue weighted by atomic mass is 35.5. The summed E-state index contributed by atoms with van der Waals surface area (Å²) in [6, 6.07) is 12.9. The molecule has 0 spiro atoms. The van der Waals surface area contributed by atoms with Crippen molar-refractivity contribution in [1.82, 2.24) is 0 Å². The zero-order valence-corrected chi connectivity index (χ0v) is 12.7. The molecule has 1 N–H and O–H groups in total. The molecule has 0 bridgehead atoms. The number of nitro benzene ring substituents is 1. The fourth-order valence-corrected chi connectivity index (χ4v) is 2.44. The Hall–Kier alpha value is -2.07. The Morgan fingerprint density at radius 2 is 2.05 bits per heavy atom. The summed E-state index contributed by atoms with van der Waals surface area (Å²) in [6.45, 7) is 3.79. The number of rotatable bonds is 5. The van der Waals surface area contributed by atoms with Gasteiger partial charge < -0.3 is 5.32 Å². The maximum absolute atomic E-state index is 11.0. The van der Waals surface area contributed by atoms with Gasteiger partial charge in [0.1, 0.15) is 0 Å². The van der Waals surface area contributed by atoms with Gasteiger partial charge in [0, 0.05) is 22.3 Å². The summed E-state index contributed by atoms with van der Waals surface area (Å²) < 4.78 is 0. The van der Waals surface area contributed by atoms with Crippen molar-refractivity contribution in [2.75, 3.05) is 5.32 Å². The van der Waals surface area contributed by atoms with Crippen LogP contribution in [0.3, 0.4) is 0 Å². The van der Waals surface area contributed by atoms with E-state index in [0.717, 1.165) is 17.7 Å². The molecule has 2 aromatic rings. The number of aryl methyl sites for hydroxylation is 1. The second kappa shape index (κ2) is 6.59. The molecule has 0 saturated carbocycles. The van der Waals surface area contributed by atoms with Gasteiger partial charge in [-0.15, -0.1) is 0 Å². The van der Waals surface area contributed by atoms with E-state index in [1.54, 1.807) is 19.1 Å². The molecule has 2 rings (SSSR count). The number of hydrogen-bond donors (Lipinski definition) is 1. The summed E-state index contributed by atoms with van der Waals surface area (Å²) in [5, 5.41) is 15.0. The third kappa shape index (κ3) is 3.73. The van der Waals surface area contributed by atoms with Gasteiger partial charge in [0.05, 0.1) is 11.0 Å². The van der Waals surface area contributed by atoms with Gasteiger partial charge in [-0.2, -0.15) is 0 Å². The van der Waals surface area contributed by atoms with Crippen molar-refractivity contribution >= 4 is 23.0 Å². The van der Waals surface area contributed by atoms with Crippen LogP contribution in [-0.4, -0.2) is 4.92 Å². The first-order valence-electron chi connectivity index (χ1n) is 6.78. The lowest BCUT2D eigenvalue weighted by Crippen LogP contribution is -2.10. The van der Waals surface area contributed by atoms with Crippen molar-refractivity contribution in [1.29, 1.82) is 0 Å². The topological polar surface area (TPSA) is 55.2 Å². The predicted octanol–water partition coefficient (Wildman–Crippen LogP) is 5.12. The number of nitrogens with one attached hydrogen (secondary N) is 1. The van der Waals surface area contributed by atoms with Crippen LogP contribution < -0.4 is 5.32 Å². The normalized spacial score (nSPS) is 12.0. The van der Waals surface area contributed by atoms with E-state index in [1.165, 1.54) is 0 Å². The van der Waals surface area contributed by atoms with Crippen LogP contribution in [0.1, 0.15) is 30.5 Å². The lowest BCUT2D eigenvalue weighted by molar-refractivity contribution is -0.385. The fourth-order valence-electron chi connectivity index (χ4n) is 2.24. The summed E-state index contributed by atoms with van der Waals surface area (Å²) in [5.74, 6) is 0. The number of anilines is 1. The first kappa shape index (κ1) is 15.3. The highest BCUT2D eigenvalue weighted by Gasteiger charge is 2.14. The number of benzene rings is 2. The molecule has 0 fully saturated rings. The molecule has 5 heteroatoms. The number of hydrogen-bond acceptors (Lipinski definition) is 3. The standard InChI is InChI=1S/C16H17ClN2O2/c1-3-15(12-5-4-6-13(17)9-12)18-14-8-7-11(2)16(10-14)19(20)21/h4-10,15,18H,3H2,1-2H3. The molecule has 0 radical (unpaired) electrons. The molecule has 1 atom stereocenters. The molecule has 4 nitrogen and oxygen atoms in total. The first-order valence-corrected chi connectivity index (χ1v) is 7.16. The van der Waals surface area contributed by atoms with Crippen LogP contribution in [0.25, 0.3) is 0 Å². The summed E-state index contributed by atoms with van der Waals surface area (Å²) in [7, 11) is 0. The van der Waals surface area contributed by atoms with Gasteiger partial charge in [-0.3, -0.25) is 10.1 Å². The maximum Gasteiger partial charge on any atom is 0.274 e. The fraction of sp³-hybridized carbons (Fsp3) is 0.250. The molecule has 0 saturated heterocycles. The molecular formula is C16H17ClN2O2. The van der Waals surface area contributed by atoms with Crippen molar-refractivity contribution in [3.05, 3.63) is 68.7 Å². The van der Waals surface area contributed by atoms with E-state index < -0.39 is 0 Å². The lowest BCUT2D eigenvalue weighted by Gasteiger charge is -2.19. The van der Waals surface area contributed by atoms with Crippen molar-refractivity contribution in [2.45, 2.75) is 26.3 Å².